The SMILES string of the molecule is CN1CCCC1Cn1c(C2CCCC2)nc2c1CCNC2. The number of aromatic nitrogens is 2. The minimum absolute atomic E-state index is 0.721. The predicted molar refractivity (Wildman–Crippen MR) is 84.5 cm³/mol. The number of hydrogen-bond acceptors (Lipinski definition) is 3. The molecule has 2 fully saturated rings. The second-order valence-electron chi connectivity index (χ2n) is 7.16. The van der Waals surface area contributed by atoms with E-state index in [1.165, 1.54) is 68.8 Å². The monoisotopic (exact) mass is 288 g/mol. The molecule has 1 saturated carbocycles. The first kappa shape index (κ1) is 13.8. The van der Waals surface area contributed by atoms with Crippen molar-refractivity contribution in [3.05, 3.63) is 17.2 Å². The zero-order chi connectivity index (χ0) is 14.2. The molecule has 1 N–H and O–H groups in total. The molecule has 1 aliphatic carbocycles. The Kier molecular flexibility index (Phi) is 3.76. The van der Waals surface area contributed by atoms with Crippen LogP contribution >= 0.6 is 0 Å². The molecule has 1 saturated heterocycles. The van der Waals surface area contributed by atoms with Gasteiger partial charge in [-0.1, -0.05) is 12.8 Å². The van der Waals surface area contributed by atoms with Gasteiger partial charge in [-0.05, 0) is 39.3 Å². The number of likely N-dealkylation sites (tertiary alicyclic amines) is 1. The maximum atomic E-state index is 5.08. The van der Waals surface area contributed by atoms with Gasteiger partial charge >= 0.3 is 0 Å². The highest BCUT2D eigenvalue weighted by Crippen LogP contribution is 2.35. The summed E-state index contributed by atoms with van der Waals surface area (Å²) in [6.45, 7) is 4.53. The number of nitrogens with zero attached hydrogens (tertiary/aromatic N) is 3. The van der Waals surface area contributed by atoms with Gasteiger partial charge in [0.05, 0.1) is 5.69 Å². The van der Waals surface area contributed by atoms with Crippen LogP contribution in [0.4, 0.5) is 0 Å². The summed E-state index contributed by atoms with van der Waals surface area (Å²) in [6.07, 6.45) is 9.36. The Morgan fingerprint density at radius 1 is 1.19 bits per heavy atom. The zero-order valence-electron chi connectivity index (χ0n) is 13.3. The average molecular weight is 288 g/mol. The number of fused-ring (bicyclic) bond motifs is 1. The fourth-order valence-corrected chi connectivity index (χ4v) is 4.51. The molecule has 4 nitrogen and oxygen atoms in total. The lowest BCUT2D eigenvalue weighted by molar-refractivity contribution is 0.276. The van der Waals surface area contributed by atoms with Gasteiger partial charge in [0.25, 0.3) is 0 Å². The fraction of sp³-hybridized carbons (Fsp3) is 0.824. The van der Waals surface area contributed by atoms with E-state index in [1.807, 2.05) is 0 Å². The van der Waals surface area contributed by atoms with Crippen LogP contribution in [0.2, 0.25) is 0 Å². The first-order chi connectivity index (χ1) is 10.3. The first-order valence-corrected chi connectivity index (χ1v) is 8.82. The minimum Gasteiger partial charge on any atom is -0.330 e. The number of hydrogen-bond donors (Lipinski definition) is 1. The Labute approximate surface area is 127 Å². The van der Waals surface area contributed by atoms with E-state index >= 15 is 0 Å². The predicted octanol–water partition coefficient (Wildman–Crippen LogP) is 2.28. The Morgan fingerprint density at radius 2 is 2.05 bits per heavy atom. The first-order valence-electron chi connectivity index (χ1n) is 8.82. The molecule has 4 rings (SSSR count). The van der Waals surface area contributed by atoms with Crippen LogP contribution < -0.4 is 5.32 Å². The van der Waals surface area contributed by atoms with Gasteiger partial charge in [-0.3, -0.25) is 0 Å². The van der Waals surface area contributed by atoms with Crippen LogP contribution in [0.1, 0.15) is 61.7 Å². The maximum Gasteiger partial charge on any atom is 0.112 e. The molecule has 0 amide bonds. The molecule has 0 radical (unpaired) electrons. The third kappa shape index (κ3) is 2.53. The Hall–Kier alpha value is -0.870. The van der Waals surface area contributed by atoms with E-state index in [4.69, 9.17) is 4.98 Å². The van der Waals surface area contributed by atoms with Crippen LogP contribution in [0.3, 0.4) is 0 Å². The average Bonchev–Trinajstić information content (AvgIpc) is 3.21. The third-order valence-electron chi connectivity index (χ3n) is 5.80. The van der Waals surface area contributed by atoms with Crippen molar-refractivity contribution in [3.63, 3.8) is 0 Å². The summed E-state index contributed by atoms with van der Waals surface area (Å²) in [5.41, 5.74) is 2.87. The van der Waals surface area contributed by atoms with E-state index in [1.54, 1.807) is 0 Å². The van der Waals surface area contributed by atoms with Crippen molar-refractivity contribution < 1.29 is 0 Å². The molecule has 1 atom stereocenters. The van der Waals surface area contributed by atoms with E-state index in [0.717, 1.165) is 31.5 Å². The van der Waals surface area contributed by atoms with Crippen molar-refractivity contribution in [1.82, 2.24) is 19.8 Å². The molecule has 2 aliphatic heterocycles. The molecule has 0 spiro atoms. The van der Waals surface area contributed by atoms with Gasteiger partial charge in [0.2, 0.25) is 0 Å². The minimum atomic E-state index is 0.721. The van der Waals surface area contributed by atoms with Crippen molar-refractivity contribution in [1.29, 1.82) is 0 Å². The topological polar surface area (TPSA) is 33.1 Å². The second kappa shape index (κ2) is 5.73. The van der Waals surface area contributed by atoms with Gasteiger partial charge in [-0.2, -0.15) is 0 Å². The molecule has 116 valence electrons. The lowest BCUT2D eigenvalue weighted by Crippen LogP contribution is -2.32. The molecule has 1 aromatic heterocycles. The van der Waals surface area contributed by atoms with Crippen LogP contribution in [-0.2, 0) is 19.5 Å². The molecule has 3 heterocycles. The Balaban J connectivity index is 1.66. The Morgan fingerprint density at radius 3 is 2.81 bits per heavy atom. The lowest BCUT2D eigenvalue weighted by atomic mass is 10.1. The van der Waals surface area contributed by atoms with E-state index in [0.29, 0.717) is 0 Å². The largest absolute Gasteiger partial charge is 0.330 e. The molecule has 0 aromatic carbocycles. The van der Waals surface area contributed by atoms with Crippen molar-refractivity contribution in [2.24, 2.45) is 0 Å². The smallest absolute Gasteiger partial charge is 0.112 e. The molecule has 4 heteroatoms. The number of imidazole rings is 1. The summed E-state index contributed by atoms with van der Waals surface area (Å²) < 4.78 is 2.64. The summed E-state index contributed by atoms with van der Waals surface area (Å²) in [5.74, 6) is 2.14. The van der Waals surface area contributed by atoms with Gasteiger partial charge in [-0.15, -0.1) is 0 Å². The lowest BCUT2D eigenvalue weighted by Gasteiger charge is -2.24. The number of nitrogens with one attached hydrogen (secondary N) is 1. The van der Waals surface area contributed by atoms with Crippen molar-refractivity contribution in [2.75, 3.05) is 20.1 Å². The highest BCUT2D eigenvalue weighted by Gasteiger charge is 2.30. The van der Waals surface area contributed by atoms with E-state index in [2.05, 4.69) is 21.8 Å². The number of rotatable bonds is 3. The summed E-state index contributed by atoms with van der Waals surface area (Å²) in [7, 11) is 2.29. The van der Waals surface area contributed by atoms with Gasteiger partial charge in [-0.25, -0.2) is 4.98 Å². The molecule has 1 aromatic rings. The van der Waals surface area contributed by atoms with Crippen LogP contribution in [0.5, 0.6) is 0 Å². The summed E-state index contributed by atoms with van der Waals surface area (Å²) in [6, 6.07) is 0.721. The highest BCUT2D eigenvalue weighted by molar-refractivity contribution is 5.23. The molecular weight excluding hydrogens is 260 g/mol. The molecular formula is C17H28N4. The van der Waals surface area contributed by atoms with E-state index in [9.17, 15) is 0 Å². The summed E-state index contributed by atoms with van der Waals surface area (Å²) in [5, 5.41) is 3.49. The summed E-state index contributed by atoms with van der Waals surface area (Å²) in [4.78, 5) is 7.63. The zero-order valence-corrected chi connectivity index (χ0v) is 13.3. The van der Waals surface area contributed by atoms with Crippen LogP contribution in [0.25, 0.3) is 0 Å². The Bertz CT molecular complexity index is 501. The van der Waals surface area contributed by atoms with Crippen molar-refractivity contribution in [3.8, 4) is 0 Å². The van der Waals surface area contributed by atoms with Crippen LogP contribution in [0.15, 0.2) is 0 Å². The number of likely N-dealkylation sites (N-methyl/N-ethyl adjacent to an activating group) is 1. The summed E-state index contributed by atoms with van der Waals surface area (Å²) >= 11 is 0. The molecule has 21 heavy (non-hydrogen) atoms. The quantitative estimate of drug-likeness (QED) is 0.926. The van der Waals surface area contributed by atoms with Crippen molar-refractivity contribution in [2.45, 2.75) is 70.0 Å². The van der Waals surface area contributed by atoms with Gasteiger partial charge in [0.1, 0.15) is 5.82 Å². The van der Waals surface area contributed by atoms with Crippen LogP contribution in [-0.4, -0.2) is 40.6 Å². The van der Waals surface area contributed by atoms with Gasteiger partial charge < -0.3 is 14.8 Å². The van der Waals surface area contributed by atoms with E-state index in [-0.39, 0.29) is 0 Å². The third-order valence-corrected chi connectivity index (χ3v) is 5.80. The molecule has 0 bridgehead atoms. The van der Waals surface area contributed by atoms with Crippen molar-refractivity contribution >= 4 is 0 Å². The molecule has 3 aliphatic rings. The second-order valence-corrected chi connectivity index (χ2v) is 7.16. The highest BCUT2D eigenvalue weighted by atomic mass is 15.2. The van der Waals surface area contributed by atoms with E-state index < -0.39 is 0 Å². The standard InChI is InChI=1S/C17H28N4/c1-20-10-4-7-14(20)12-21-16-8-9-18-11-15(16)19-17(21)13-5-2-3-6-13/h13-14,18H,2-12H2,1H3. The maximum absolute atomic E-state index is 5.08. The molecule has 1 unspecified atom stereocenters. The normalized spacial score (nSPS) is 27.4. The van der Waals surface area contributed by atoms with Gasteiger partial charge in [0, 0.05) is 43.7 Å². The van der Waals surface area contributed by atoms with Gasteiger partial charge in [0.15, 0.2) is 0 Å². The van der Waals surface area contributed by atoms with Crippen LogP contribution in [0, 0.1) is 0 Å². The fourth-order valence-electron chi connectivity index (χ4n) is 4.51.